The molecule has 1 aromatic rings. The van der Waals surface area contributed by atoms with Crippen molar-refractivity contribution in [3.05, 3.63) is 48.0 Å². The predicted molar refractivity (Wildman–Crippen MR) is 104 cm³/mol. The van der Waals surface area contributed by atoms with Crippen LogP contribution in [0.5, 0.6) is 0 Å². The molecule has 0 bridgehead atoms. The Morgan fingerprint density at radius 1 is 1.20 bits per heavy atom. The second-order valence-corrected chi connectivity index (χ2v) is 12.8. The summed E-state index contributed by atoms with van der Waals surface area (Å²) in [6, 6.07) is 9.65. The number of methoxy groups -OCH3 is 1. The van der Waals surface area contributed by atoms with Gasteiger partial charge in [-0.05, 0) is 23.7 Å². The molecule has 25 heavy (non-hydrogen) atoms. The molecule has 0 amide bonds. The quantitative estimate of drug-likeness (QED) is 0.440. The molecular weight excluding hydrogens is 332 g/mol. The van der Waals surface area contributed by atoms with Crippen LogP contribution in [0, 0.1) is 5.92 Å². The highest BCUT2D eigenvalue weighted by molar-refractivity contribution is 6.74. The van der Waals surface area contributed by atoms with Crippen molar-refractivity contribution >= 4 is 14.3 Å². The number of benzene rings is 1. The van der Waals surface area contributed by atoms with Crippen molar-refractivity contribution in [2.75, 3.05) is 7.11 Å². The summed E-state index contributed by atoms with van der Waals surface area (Å²) in [7, 11) is -0.823. The predicted octanol–water partition coefficient (Wildman–Crippen LogP) is 4.48. The summed E-state index contributed by atoms with van der Waals surface area (Å²) in [5, 5.41) is 11.0. The van der Waals surface area contributed by atoms with Crippen LogP contribution in [0.1, 0.15) is 39.4 Å². The standard InChI is InChI=1S/C20H32O4Si/c1-14(15(2)19(22)23-6)17(21)18(16-12-10-9-11-13-16)24-25(7,8)20(3,4)5/h9-14,17-18,21H,2H2,1,3-8H3/t14-,17+,18-/m1/s1. The maximum atomic E-state index is 11.8. The van der Waals surface area contributed by atoms with Crippen LogP contribution < -0.4 is 0 Å². The topological polar surface area (TPSA) is 55.8 Å². The zero-order chi connectivity index (χ0) is 19.4. The molecule has 140 valence electrons. The van der Waals surface area contributed by atoms with Crippen molar-refractivity contribution in [2.45, 2.75) is 58.0 Å². The van der Waals surface area contributed by atoms with Crippen LogP contribution >= 0.6 is 0 Å². The minimum atomic E-state index is -2.14. The lowest BCUT2D eigenvalue weighted by Gasteiger charge is -2.41. The fourth-order valence-electron chi connectivity index (χ4n) is 2.26. The molecule has 1 rings (SSSR count). The van der Waals surface area contributed by atoms with Gasteiger partial charge in [-0.25, -0.2) is 4.79 Å². The van der Waals surface area contributed by atoms with E-state index in [0.29, 0.717) is 0 Å². The van der Waals surface area contributed by atoms with Gasteiger partial charge in [0.2, 0.25) is 0 Å². The normalized spacial score (nSPS) is 16.0. The van der Waals surface area contributed by atoms with Crippen molar-refractivity contribution in [2.24, 2.45) is 5.92 Å². The van der Waals surface area contributed by atoms with Gasteiger partial charge in [-0.15, -0.1) is 0 Å². The van der Waals surface area contributed by atoms with Gasteiger partial charge in [-0.2, -0.15) is 0 Å². The Hall–Kier alpha value is -1.43. The van der Waals surface area contributed by atoms with E-state index in [1.165, 1.54) is 7.11 Å². The molecule has 4 nitrogen and oxygen atoms in total. The second kappa shape index (κ2) is 8.30. The molecule has 0 spiro atoms. The minimum Gasteiger partial charge on any atom is -0.466 e. The Kier molecular flexibility index (Phi) is 7.17. The van der Waals surface area contributed by atoms with Gasteiger partial charge in [0.15, 0.2) is 8.32 Å². The average molecular weight is 365 g/mol. The van der Waals surface area contributed by atoms with Gasteiger partial charge in [-0.1, -0.05) is 64.6 Å². The van der Waals surface area contributed by atoms with Gasteiger partial charge in [0.05, 0.1) is 19.3 Å². The zero-order valence-electron chi connectivity index (χ0n) is 16.5. The number of rotatable bonds is 7. The molecule has 0 saturated carbocycles. The average Bonchev–Trinajstić information content (AvgIpc) is 2.56. The molecule has 0 heterocycles. The molecule has 5 heteroatoms. The first-order valence-electron chi connectivity index (χ1n) is 8.60. The molecule has 0 saturated heterocycles. The van der Waals surface area contributed by atoms with Crippen molar-refractivity contribution in [3.63, 3.8) is 0 Å². The Morgan fingerprint density at radius 2 is 1.72 bits per heavy atom. The third kappa shape index (κ3) is 5.27. The van der Waals surface area contributed by atoms with Crippen LogP contribution in [-0.4, -0.2) is 32.6 Å². The van der Waals surface area contributed by atoms with E-state index in [1.807, 2.05) is 30.3 Å². The molecule has 1 N–H and O–H groups in total. The van der Waals surface area contributed by atoms with Crippen LogP contribution in [0.3, 0.4) is 0 Å². The SMILES string of the molecule is C=C(C(=O)OC)[C@@H](C)[C@H](O)[C@H](O[Si](C)(C)C(C)(C)C)c1ccccc1. The fraction of sp³-hybridized carbons (Fsp3) is 0.550. The van der Waals surface area contributed by atoms with Gasteiger partial charge >= 0.3 is 5.97 Å². The first-order valence-corrected chi connectivity index (χ1v) is 11.5. The zero-order valence-corrected chi connectivity index (χ0v) is 17.5. The van der Waals surface area contributed by atoms with Crippen LogP contribution in [0.15, 0.2) is 42.5 Å². The number of hydrogen-bond acceptors (Lipinski definition) is 4. The Morgan fingerprint density at radius 3 is 2.16 bits per heavy atom. The van der Waals surface area contributed by atoms with E-state index in [9.17, 15) is 9.90 Å². The van der Waals surface area contributed by atoms with E-state index in [1.54, 1.807) is 6.92 Å². The van der Waals surface area contributed by atoms with E-state index in [-0.39, 0.29) is 10.6 Å². The summed E-state index contributed by atoms with van der Waals surface area (Å²) in [6.45, 7) is 16.3. The first kappa shape index (κ1) is 21.6. The van der Waals surface area contributed by atoms with E-state index in [2.05, 4.69) is 40.4 Å². The maximum Gasteiger partial charge on any atom is 0.333 e. The summed E-state index contributed by atoms with van der Waals surface area (Å²) in [5.74, 6) is -0.992. The summed E-state index contributed by atoms with van der Waals surface area (Å²) in [4.78, 5) is 11.8. The number of ether oxygens (including phenoxy) is 1. The number of carbonyl (C=O) groups excluding carboxylic acids is 1. The first-order chi connectivity index (χ1) is 11.4. The second-order valence-electron chi connectivity index (χ2n) is 8.01. The number of esters is 1. The Labute approximate surface area is 153 Å². The van der Waals surface area contributed by atoms with Gasteiger partial charge in [0.1, 0.15) is 0 Å². The summed E-state index contributed by atoms with van der Waals surface area (Å²) in [6.07, 6.45) is -1.43. The van der Waals surface area contributed by atoms with Gasteiger partial charge < -0.3 is 14.3 Å². The Bertz CT molecular complexity index is 589. The molecule has 0 aliphatic heterocycles. The van der Waals surface area contributed by atoms with Crippen molar-refractivity contribution in [1.82, 2.24) is 0 Å². The van der Waals surface area contributed by atoms with Crippen LogP contribution in [-0.2, 0) is 14.0 Å². The highest BCUT2D eigenvalue weighted by Crippen LogP contribution is 2.41. The summed E-state index contributed by atoms with van der Waals surface area (Å²) < 4.78 is 11.3. The fourth-order valence-corrected chi connectivity index (χ4v) is 3.52. The monoisotopic (exact) mass is 364 g/mol. The minimum absolute atomic E-state index is 0.00233. The lowest BCUT2D eigenvalue weighted by atomic mass is 9.90. The molecule has 0 radical (unpaired) electrons. The lowest BCUT2D eigenvalue weighted by molar-refractivity contribution is -0.137. The number of hydrogen-bond donors (Lipinski definition) is 1. The van der Waals surface area contributed by atoms with E-state index in [0.717, 1.165) is 5.56 Å². The molecule has 0 aliphatic rings. The smallest absolute Gasteiger partial charge is 0.333 e. The molecule has 0 unspecified atom stereocenters. The van der Waals surface area contributed by atoms with Gasteiger partial charge in [-0.3, -0.25) is 0 Å². The molecular formula is C20H32O4Si. The van der Waals surface area contributed by atoms with Crippen molar-refractivity contribution in [3.8, 4) is 0 Å². The van der Waals surface area contributed by atoms with Crippen molar-refractivity contribution in [1.29, 1.82) is 0 Å². The molecule has 0 aromatic heterocycles. The molecule has 1 aromatic carbocycles. The number of aliphatic hydroxyl groups excluding tert-OH is 1. The summed E-state index contributed by atoms with van der Waals surface area (Å²) >= 11 is 0. The highest BCUT2D eigenvalue weighted by Gasteiger charge is 2.42. The van der Waals surface area contributed by atoms with Crippen LogP contribution in [0.4, 0.5) is 0 Å². The third-order valence-electron chi connectivity index (χ3n) is 5.18. The molecule has 0 aliphatic carbocycles. The lowest BCUT2D eigenvalue weighted by Crippen LogP contribution is -2.45. The number of aliphatic hydroxyl groups is 1. The van der Waals surface area contributed by atoms with E-state index in [4.69, 9.17) is 9.16 Å². The van der Waals surface area contributed by atoms with Gasteiger partial charge in [0, 0.05) is 11.5 Å². The number of carbonyl (C=O) groups is 1. The Balaban J connectivity index is 3.20. The largest absolute Gasteiger partial charge is 0.466 e. The van der Waals surface area contributed by atoms with E-state index < -0.39 is 32.4 Å². The van der Waals surface area contributed by atoms with E-state index >= 15 is 0 Å². The maximum absolute atomic E-state index is 11.8. The van der Waals surface area contributed by atoms with Crippen LogP contribution in [0.25, 0.3) is 0 Å². The third-order valence-corrected chi connectivity index (χ3v) is 9.63. The summed E-state index contributed by atoms with van der Waals surface area (Å²) in [5.41, 5.74) is 1.14. The van der Waals surface area contributed by atoms with Gasteiger partial charge in [0.25, 0.3) is 0 Å². The molecule has 0 fully saturated rings. The van der Waals surface area contributed by atoms with Crippen molar-refractivity contribution < 1.29 is 19.1 Å². The molecule has 3 atom stereocenters. The van der Waals surface area contributed by atoms with Crippen LogP contribution in [0.2, 0.25) is 18.1 Å². The highest BCUT2D eigenvalue weighted by atomic mass is 28.4.